The summed E-state index contributed by atoms with van der Waals surface area (Å²) in [4.78, 5) is 12.5. The van der Waals surface area contributed by atoms with Crippen LogP contribution in [0, 0.1) is 0 Å². The van der Waals surface area contributed by atoms with Gasteiger partial charge in [0.05, 0.1) is 10.5 Å². The highest BCUT2D eigenvalue weighted by atomic mass is 32.2. The van der Waals surface area contributed by atoms with Crippen molar-refractivity contribution >= 4 is 16.0 Å². The molecule has 0 saturated heterocycles. The number of carbonyl (C=O) groups excluding carboxylic acids is 1. The third kappa shape index (κ3) is 5.91. The number of hydrogen-bond acceptors (Lipinski definition) is 5. The van der Waals surface area contributed by atoms with Crippen molar-refractivity contribution in [2.75, 3.05) is 13.2 Å². The lowest BCUT2D eigenvalue weighted by atomic mass is 10.00. The fourth-order valence-electron chi connectivity index (χ4n) is 2.79. The molecule has 0 aliphatic heterocycles. The van der Waals surface area contributed by atoms with Gasteiger partial charge in [0.2, 0.25) is 10.0 Å². The van der Waals surface area contributed by atoms with E-state index in [0.29, 0.717) is 17.7 Å². The normalized spacial score (nSPS) is 11.1. The molecule has 0 spiro atoms. The number of primary sulfonamides is 1. The van der Waals surface area contributed by atoms with Crippen LogP contribution < -0.4 is 9.88 Å². The highest BCUT2D eigenvalue weighted by Crippen LogP contribution is 2.17. The average Bonchev–Trinajstić information content (AvgIpc) is 2.72. The molecule has 0 aliphatic rings. The zero-order chi connectivity index (χ0) is 20.7. The first-order valence-corrected chi connectivity index (χ1v) is 10.5. The van der Waals surface area contributed by atoms with Gasteiger partial charge in [-0.2, -0.15) is 0 Å². The molecule has 0 fully saturated rings. The van der Waals surface area contributed by atoms with E-state index in [-0.39, 0.29) is 18.1 Å². The van der Waals surface area contributed by atoms with Crippen LogP contribution in [0.4, 0.5) is 0 Å². The first-order valence-electron chi connectivity index (χ1n) is 8.98. The molecule has 6 nitrogen and oxygen atoms in total. The molecule has 0 heterocycles. The maximum Gasteiger partial charge on any atom is 0.338 e. The molecule has 0 radical (unpaired) electrons. The fraction of sp³-hybridized carbons (Fsp3) is 0.136. The summed E-state index contributed by atoms with van der Waals surface area (Å²) < 4.78 is 33.3. The van der Waals surface area contributed by atoms with E-state index in [0.717, 1.165) is 11.1 Å². The van der Waals surface area contributed by atoms with Crippen LogP contribution in [0.1, 0.15) is 21.5 Å². The first kappa shape index (κ1) is 20.6. The summed E-state index contributed by atoms with van der Waals surface area (Å²) in [6.07, 6.45) is 0.638. The minimum Gasteiger partial charge on any atom is -0.490 e. The quantitative estimate of drug-likeness (QED) is 0.454. The van der Waals surface area contributed by atoms with Crippen LogP contribution in [0.5, 0.6) is 5.75 Å². The van der Waals surface area contributed by atoms with E-state index in [1.807, 2.05) is 42.5 Å². The Bertz CT molecular complexity index is 1060. The Balaban J connectivity index is 1.54. The summed E-state index contributed by atoms with van der Waals surface area (Å²) in [6.45, 7) is 0.205. The fourth-order valence-corrected chi connectivity index (χ4v) is 3.30. The van der Waals surface area contributed by atoms with Gasteiger partial charge in [0, 0.05) is 0 Å². The Morgan fingerprint density at radius 2 is 1.48 bits per heavy atom. The number of hydrogen-bond donors (Lipinski definition) is 1. The smallest absolute Gasteiger partial charge is 0.338 e. The molecular formula is C22H21NO5S. The second kappa shape index (κ2) is 9.36. The third-order valence-electron chi connectivity index (χ3n) is 4.21. The van der Waals surface area contributed by atoms with Gasteiger partial charge < -0.3 is 9.47 Å². The summed E-state index contributed by atoms with van der Waals surface area (Å²) in [5, 5.41) is 5.05. The van der Waals surface area contributed by atoms with Gasteiger partial charge in [-0.3, -0.25) is 0 Å². The maximum atomic E-state index is 12.5. The third-order valence-corrected chi connectivity index (χ3v) is 5.14. The summed E-state index contributed by atoms with van der Waals surface area (Å²) in [7, 11) is -3.74. The van der Waals surface area contributed by atoms with Gasteiger partial charge in [-0.15, -0.1) is 0 Å². The van der Waals surface area contributed by atoms with E-state index in [2.05, 4.69) is 0 Å². The molecule has 3 aromatic carbocycles. The Kier molecular flexibility index (Phi) is 6.64. The highest BCUT2D eigenvalue weighted by Gasteiger charge is 2.13. The topological polar surface area (TPSA) is 95.7 Å². The molecule has 3 aromatic rings. The monoisotopic (exact) mass is 411 g/mol. The Morgan fingerprint density at radius 3 is 2.17 bits per heavy atom. The SMILES string of the molecule is NS(=O)(=O)c1ccc(OCCOC(=O)c2ccccc2Cc2ccccc2)cc1. The van der Waals surface area contributed by atoms with Crippen LogP contribution in [0.25, 0.3) is 0 Å². The summed E-state index contributed by atoms with van der Waals surface area (Å²) in [5.74, 6) is 0.0441. The van der Waals surface area contributed by atoms with Crippen molar-refractivity contribution in [3.8, 4) is 5.75 Å². The van der Waals surface area contributed by atoms with Gasteiger partial charge in [0.25, 0.3) is 0 Å². The summed E-state index contributed by atoms with van der Waals surface area (Å²) >= 11 is 0. The lowest BCUT2D eigenvalue weighted by molar-refractivity contribution is 0.0449. The van der Waals surface area contributed by atoms with Crippen LogP contribution in [0.2, 0.25) is 0 Å². The second-order valence-corrected chi connectivity index (χ2v) is 7.88. The zero-order valence-electron chi connectivity index (χ0n) is 15.7. The number of sulfonamides is 1. The van der Waals surface area contributed by atoms with Crippen LogP contribution in [0.3, 0.4) is 0 Å². The van der Waals surface area contributed by atoms with E-state index in [1.165, 1.54) is 24.3 Å². The predicted molar refractivity (Wildman–Crippen MR) is 109 cm³/mol. The van der Waals surface area contributed by atoms with Crippen LogP contribution in [-0.2, 0) is 21.2 Å². The molecule has 0 aliphatic carbocycles. The molecule has 2 N–H and O–H groups in total. The van der Waals surface area contributed by atoms with Crippen molar-refractivity contribution in [2.24, 2.45) is 5.14 Å². The second-order valence-electron chi connectivity index (χ2n) is 6.32. The number of ether oxygens (including phenoxy) is 2. The number of esters is 1. The Morgan fingerprint density at radius 1 is 0.828 bits per heavy atom. The van der Waals surface area contributed by atoms with E-state index in [1.54, 1.807) is 12.1 Å². The van der Waals surface area contributed by atoms with E-state index in [4.69, 9.17) is 14.6 Å². The van der Waals surface area contributed by atoms with E-state index in [9.17, 15) is 13.2 Å². The van der Waals surface area contributed by atoms with Crippen molar-refractivity contribution < 1.29 is 22.7 Å². The van der Waals surface area contributed by atoms with Crippen molar-refractivity contribution in [3.05, 3.63) is 95.6 Å². The number of rotatable bonds is 8. The van der Waals surface area contributed by atoms with Crippen molar-refractivity contribution in [1.29, 1.82) is 0 Å². The van der Waals surface area contributed by atoms with Crippen molar-refractivity contribution in [2.45, 2.75) is 11.3 Å². The molecule has 0 saturated carbocycles. The van der Waals surface area contributed by atoms with Crippen LogP contribution >= 0.6 is 0 Å². The standard InChI is InChI=1S/C22H21NO5S/c23-29(25,26)20-12-10-19(11-13-20)27-14-15-28-22(24)21-9-5-4-8-18(21)16-17-6-2-1-3-7-17/h1-13H,14-16H2,(H2,23,25,26). The lowest BCUT2D eigenvalue weighted by Gasteiger charge is -2.11. The molecule has 29 heavy (non-hydrogen) atoms. The van der Waals surface area contributed by atoms with E-state index < -0.39 is 16.0 Å². The summed E-state index contributed by atoms with van der Waals surface area (Å²) in [5.41, 5.74) is 2.52. The van der Waals surface area contributed by atoms with E-state index >= 15 is 0 Å². The number of carbonyl (C=O) groups is 1. The Labute approximate surface area is 169 Å². The zero-order valence-corrected chi connectivity index (χ0v) is 16.5. The number of benzene rings is 3. The van der Waals surface area contributed by atoms with Crippen LogP contribution in [-0.4, -0.2) is 27.6 Å². The first-order chi connectivity index (χ1) is 13.9. The van der Waals surface area contributed by atoms with Gasteiger partial charge in [-0.1, -0.05) is 48.5 Å². The highest BCUT2D eigenvalue weighted by molar-refractivity contribution is 7.89. The molecule has 3 rings (SSSR count). The van der Waals surface area contributed by atoms with Crippen LogP contribution in [0.15, 0.2) is 83.8 Å². The molecule has 7 heteroatoms. The lowest BCUT2D eigenvalue weighted by Crippen LogP contribution is -2.14. The molecule has 0 amide bonds. The molecule has 0 atom stereocenters. The molecule has 0 unspecified atom stereocenters. The molecule has 150 valence electrons. The van der Waals surface area contributed by atoms with Gasteiger partial charge in [0.15, 0.2) is 0 Å². The minimum atomic E-state index is -3.74. The van der Waals surface area contributed by atoms with Gasteiger partial charge in [0.1, 0.15) is 19.0 Å². The van der Waals surface area contributed by atoms with Crippen molar-refractivity contribution in [1.82, 2.24) is 0 Å². The average molecular weight is 411 g/mol. The largest absolute Gasteiger partial charge is 0.490 e. The van der Waals surface area contributed by atoms with Crippen molar-refractivity contribution in [3.63, 3.8) is 0 Å². The Hall–Kier alpha value is -3.16. The molecular weight excluding hydrogens is 390 g/mol. The van der Waals surface area contributed by atoms with Gasteiger partial charge in [-0.25, -0.2) is 18.4 Å². The minimum absolute atomic E-state index is 0.00583. The number of nitrogens with two attached hydrogens (primary N) is 1. The predicted octanol–water partition coefficient (Wildman–Crippen LogP) is 3.16. The molecule has 0 aromatic heterocycles. The molecule has 0 bridgehead atoms. The van der Waals surface area contributed by atoms with Gasteiger partial charge >= 0.3 is 5.97 Å². The van der Waals surface area contributed by atoms with Gasteiger partial charge in [-0.05, 0) is 47.9 Å². The summed E-state index contributed by atoms with van der Waals surface area (Å²) in [6, 6.07) is 23.0. The maximum absolute atomic E-state index is 12.5.